The van der Waals surface area contributed by atoms with E-state index in [0.717, 1.165) is 58.2 Å². The van der Waals surface area contributed by atoms with E-state index in [4.69, 9.17) is 4.52 Å². The molecular formula is C20H31N5O3. The zero-order valence-electron chi connectivity index (χ0n) is 16.9. The van der Waals surface area contributed by atoms with E-state index in [-0.39, 0.29) is 23.3 Å². The summed E-state index contributed by atoms with van der Waals surface area (Å²) in [5, 5.41) is 6.92. The Balaban J connectivity index is 1.44. The van der Waals surface area contributed by atoms with E-state index in [9.17, 15) is 9.59 Å². The number of piperidine rings is 1. The number of amides is 2. The van der Waals surface area contributed by atoms with E-state index in [1.165, 1.54) is 0 Å². The van der Waals surface area contributed by atoms with Crippen molar-refractivity contribution in [3.8, 4) is 0 Å². The third-order valence-corrected chi connectivity index (χ3v) is 6.42. The molecule has 3 fully saturated rings. The van der Waals surface area contributed by atoms with Crippen LogP contribution in [0.1, 0.15) is 63.2 Å². The molecule has 1 aliphatic carbocycles. The van der Waals surface area contributed by atoms with Gasteiger partial charge in [0, 0.05) is 32.1 Å². The van der Waals surface area contributed by atoms with E-state index in [1.54, 1.807) is 0 Å². The zero-order valence-corrected chi connectivity index (χ0v) is 16.9. The van der Waals surface area contributed by atoms with Crippen molar-refractivity contribution < 1.29 is 14.1 Å². The maximum absolute atomic E-state index is 12.4. The predicted octanol–water partition coefficient (Wildman–Crippen LogP) is 1.67. The maximum atomic E-state index is 12.4. The van der Waals surface area contributed by atoms with Crippen LogP contribution < -0.4 is 5.32 Å². The van der Waals surface area contributed by atoms with Crippen LogP contribution in [0.15, 0.2) is 4.52 Å². The van der Waals surface area contributed by atoms with E-state index < -0.39 is 0 Å². The first-order valence-corrected chi connectivity index (χ1v) is 10.6. The van der Waals surface area contributed by atoms with Crippen LogP contribution in [0.3, 0.4) is 0 Å². The molecule has 4 rings (SSSR count). The molecule has 1 aromatic rings. The van der Waals surface area contributed by atoms with Crippen LogP contribution in [-0.4, -0.2) is 64.5 Å². The predicted molar refractivity (Wildman–Crippen MR) is 102 cm³/mol. The van der Waals surface area contributed by atoms with Crippen molar-refractivity contribution >= 4 is 11.8 Å². The number of carbonyl (C=O) groups excluding carboxylic acids is 2. The summed E-state index contributed by atoms with van der Waals surface area (Å²) >= 11 is 0. The monoisotopic (exact) mass is 389 g/mol. The highest BCUT2D eigenvalue weighted by Gasteiger charge is 2.49. The fourth-order valence-corrected chi connectivity index (χ4v) is 4.66. The van der Waals surface area contributed by atoms with E-state index in [0.29, 0.717) is 30.7 Å². The highest BCUT2D eigenvalue weighted by Crippen LogP contribution is 2.49. The van der Waals surface area contributed by atoms with Crippen LogP contribution in [0.5, 0.6) is 0 Å². The number of carbonyl (C=O) groups is 2. The van der Waals surface area contributed by atoms with Gasteiger partial charge in [-0.15, -0.1) is 0 Å². The third kappa shape index (κ3) is 4.06. The fraction of sp³-hybridized carbons (Fsp3) is 0.800. The first-order chi connectivity index (χ1) is 13.5. The standard InChI is InChI=1S/C20H31N5O3/c1-3-8-21-17(26)12-25-13-20(11-16(25)18-22-14(2)23-28-18)6-9-24(10-7-20)19(27)15-4-5-15/h15-16H,3-13H2,1-2H3,(H,21,26). The third-order valence-electron chi connectivity index (χ3n) is 6.42. The van der Waals surface area contributed by atoms with Crippen LogP contribution in [0.2, 0.25) is 0 Å². The minimum atomic E-state index is -0.0285. The number of nitrogens with one attached hydrogen (secondary N) is 1. The Labute approximate surface area is 166 Å². The summed E-state index contributed by atoms with van der Waals surface area (Å²) in [5.74, 6) is 1.89. The molecule has 2 saturated heterocycles. The van der Waals surface area contributed by atoms with E-state index in [2.05, 4.69) is 20.4 Å². The van der Waals surface area contributed by atoms with Gasteiger partial charge in [-0.25, -0.2) is 0 Å². The summed E-state index contributed by atoms with van der Waals surface area (Å²) in [6, 6.07) is -0.0285. The number of hydrogen-bond donors (Lipinski definition) is 1. The molecule has 0 aromatic carbocycles. The molecule has 1 atom stereocenters. The molecule has 1 unspecified atom stereocenters. The molecule has 8 heteroatoms. The minimum absolute atomic E-state index is 0.0285. The molecule has 2 aliphatic heterocycles. The van der Waals surface area contributed by atoms with Gasteiger partial charge in [-0.05, 0) is 50.9 Å². The quantitative estimate of drug-likeness (QED) is 0.796. The normalized spacial score (nSPS) is 24.6. The number of aromatic nitrogens is 2. The molecule has 1 saturated carbocycles. The molecule has 0 bridgehead atoms. The van der Waals surface area contributed by atoms with Crippen LogP contribution >= 0.6 is 0 Å². The molecule has 3 heterocycles. The van der Waals surface area contributed by atoms with Crippen LogP contribution in [0, 0.1) is 18.3 Å². The van der Waals surface area contributed by atoms with Crippen molar-refractivity contribution in [3.05, 3.63) is 11.7 Å². The number of rotatable bonds is 6. The van der Waals surface area contributed by atoms with Crippen molar-refractivity contribution in [1.29, 1.82) is 0 Å². The molecule has 2 amide bonds. The summed E-state index contributed by atoms with van der Waals surface area (Å²) in [7, 11) is 0. The number of nitrogens with zero attached hydrogens (tertiary/aromatic N) is 4. The lowest BCUT2D eigenvalue weighted by molar-refractivity contribution is -0.134. The molecule has 3 aliphatic rings. The van der Waals surface area contributed by atoms with Crippen LogP contribution in [0.25, 0.3) is 0 Å². The van der Waals surface area contributed by atoms with Crippen molar-refractivity contribution in [3.63, 3.8) is 0 Å². The molecule has 154 valence electrons. The summed E-state index contributed by atoms with van der Waals surface area (Å²) in [4.78, 5) is 33.4. The summed E-state index contributed by atoms with van der Waals surface area (Å²) in [6.07, 6.45) is 5.89. The van der Waals surface area contributed by atoms with Gasteiger partial charge in [-0.3, -0.25) is 14.5 Å². The second-order valence-electron chi connectivity index (χ2n) is 8.75. The van der Waals surface area contributed by atoms with Gasteiger partial charge in [0.1, 0.15) is 0 Å². The van der Waals surface area contributed by atoms with Gasteiger partial charge in [-0.2, -0.15) is 4.98 Å². The summed E-state index contributed by atoms with van der Waals surface area (Å²) < 4.78 is 5.48. The van der Waals surface area contributed by atoms with Gasteiger partial charge in [0.15, 0.2) is 5.82 Å². The Morgan fingerprint density at radius 1 is 1.29 bits per heavy atom. The van der Waals surface area contributed by atoms with Gasteiger partial charge in [0.05, 0.1) is 12.6 Å². The average molecular weight is 390 g/mol. The highest BCUT2D eigenvalue weighted by molar-refractivity contribution is 5.81. The van der Waals surface area contributed by atoms with Crippen molar-refractivity contribution in [2.45, 2.75) is 58.4 Å². The van der Waals surface area contributed by atoms with Gasteiger partial charge in [0.25, 0.3) is 0 Å². The van der Waals surface area contributed by atoms with Gasteiger partial charge >= 0.3 is 0 Å². The molecule has 0 radical (unpaired) electrons. The lowest BCUT2D eigenvalue weighted by Gasteiger charge is -2.39. The first-order valence-electron chi connectivity index (χ1n) is 10.6. The Morgan fingerprint density at radius 2 is 2.04 bits per heavy atom. The minimum Gasteiger partial charge on any atom is -0.355 e. The Morgan fingerprint density at radius 3 is 2.64 bits per heavy atom. The topological polar surface area (TPSA) is 91.6 Å². The maximum Gasteiger partial charge on any atom is 0.244 e. The van der Waals surface area contributed by atoms with Crippen LogP contribution in [0.4, 0.5) is 0 Å². The molecule has 28 heavy (non-hydrogen) atoms. The summed E-state index contributed by atoms with van der Waals surface area (Å²) in [6.45, 7) is 7.38. The lowest BCUT2D eigenvalue weighted by Crippen LogP contribution is -2.45. The van der Waals surface area contributed by atoms with E-state index >= 15 is 0 Å². The van der Waals surface area contributed by atoms with Gasteiger partial charge in [0.2, 0.25) is 17.7 Å². The van der Waals surface area contributed by atoms with Gasteiger partial charge < -0.3 is 14.7 Å². The first kappa shape index (κ1) is 19.4. The van der Waals surface area contributed by atoms with Crippen molar-refractivity contribution in [1.82, 2.24) is 25.3 Å². The number of hydrogen-bond acceptors (Lipinski definition) is 6. The Bertz CT molecular complexity index is 721. The largest absolute Gasteiger partial charge is 0.355 e. The summed E-state index contributed by atoms with van der Waals surface area (Å²) in [5.41, 5.74) is 0.110. The Hall–Kier alpha value is -1.96. The smallest absolute Gasteiger partial charge is 0.244 e. The molecule has 1 aromatic heterocycles. The van der Waals surface area contributed by atoms with Gasteiger partial charge in [-0.1, -0.05) is 12.1 Å². The molecular weight excluding hydrogens is 358 g/mol. The molecule has 1 spiro atoms. The zero-order chi connectivity index (χ0) is 19.7. The van der Waals surface area contributed by atoms with Crippen molar-refractivity contribution in [2.24, 2.45) is 11.3 Å². The van der Waals surface area contributed by atoms with Crippen molar-refractivity contribution in [2.75, 3.05) is 32.7 Å². The second-order valence-corrected chi connectivity index (χ2v) is 8.75. The van der Waals surface area contributed by atoms with E-state index in [1.807, 2.05) is 18.7 Å². The Kier molecular flexibility index (Phi) is 5.40. The second kappa shape index (κ2) is 7.81. The average Bonchev–Trinajstić information content (AvgIpc) is 3.36. The fourth-order valence-electron chi connectivity index (χ4n) is 4.66. The molecule has 1 N–H and O–H groups in total. The molecule has 8 nitrogen and oxygen atoms in total. The lowest BCUT2D eigenvalue weighted by atomic mass is 9.76. The number of likely N-dealkylation sites (tertiary alicyclic amines) is 2. The SMILES string of the molecule is CCCNC(=O)CN1CC2(CCN(C(=O)C3CC3)CC2)CC1c1nc(C)no1. The van der Waals surface area contributed by atoms with Crippen LogP contribution in [-0.2, 0) is 9.59 Å². The highest BCUT2D eigenvalue weighted by atomic mass is 16.5. The number of aryl methyl sites for hydroxylation is 1.